The lowest BCUT2D eigenvalue weighted by Gasteiger charge is -2.12. The van der Waals surface area contributed by atoms with Crippen molar-refractivity contribution in [3.05, 3.63) is 46.4 Å². The molecule has 1 saturated heterocycles. The molecule has 0 radical (unpaired) electrons. The Morgan fingerprint density at radius 3 is 2.83 bits per heavy atom. The predicted octanol–water partition coefficient (Wildman–Crippen LogP) is 2.93. The molecule has 2 rings (SSSR count). The number of allylic oxidation sites excluding steroid dienone is 2. The molecule has 2 N–H and O–H groups in total. The lowest BCUT2D eigenvalue weighted by Crippen LogP contribution is -2.30. The lowest BCUT2D eigenvalue weighted by molar-refractivity contribution is -0.137. The number of carbonyl (C=O) groups is 2. The quantitative estimate of drug-likeness (QED) is 0.629. The standard InChI is InChI=1S/C16H15NO4S2/c1-10-9-11(5-6-12(10)18)3-2-4-13-15(21)17(16(22)23-13)8-7-14(19)20/h2-6,9,18H,7-8H2,1H3,(H,19,20). The maximum Gasteiger partial charge on any atom is 0.305 e. The number of thiocarbonyl (C=S) groups is 1. The largest absolute Gasteiger partial charge is 0.508 e. The summed E-state index contributed by atoms with van der Waals surface area (Å²) in [6, 6.07) is 5.21. The number of phenols is 1. The predicted molar refractivity (Wildman–Crippen MR) is 94.1 cm³/mol. The molecule has 0 atom stereocenters. The van der Waals surface area contributed by atoms with Crippen LogP contribution in [-0.4, -0.2) is 37.9 Å². The summed E-state index contributed by atoms with van der Waals surface area (Å²) in [5.41, 5.74) is 1.67. The van der Waals surface area contributed by atoms with Crippen molar-refractivity contribution in [3.63, 3.8) is 0 Å². The highest BCUT2D eigenvalue weighted by Crippen LogP contribution is 2.31. The van der Waals surface area contributed by atoms with Crippen LogP contribution in [0.4, 0.5) is 0 Å². The summed E-state index contributed by atoms with van der Waals surface area (Å²) in [6.45, 7) is 1.89. The number of thioether (sulfide) groups is 1. The van der Waals surface area contributed by atoms with E-state index in [0.717, 1.165) is 22.9 Å². The van der Waals surface area contributed by atoms with Gasteiger partial charge in [0.15, 0.2) is 0 Å². The Hall–Kier alpha value is -2.12. The van der Waals surface area contributed by atoms with Crippen LogP contribution in [0.15, 0.2) is 35.3 Å². The van der Waals surface area contributed by atoms with E-state index in [4.69, 9.17) is 17.3 Å². The highest BCUT2D eigenvalue weighted by atomic mass is 32.2. The highest BCUT2D eigenvalue weighted by Gasteiger charge is 2.31. The third-order valence-corrected chi connectivity index (χ3v) is 4.58. The molecule has 1 aliphatic heterocycles. The summed E-state index contributed by atoms with van der Waals surface area (Å²) in [5, 5.41) is 18.2. The Morgan fingerprint density at radius 1 is 1.43 bits per heavy atom. The summed E-state index contributed by atoms with van der Waals surface area (Å²) in [4.78, 5) is 24.5. The van der Waals surface area contributed by atoms with Crippen molar-refractivity contribution in [3.8, 4) is 5.75 Å². The molecule has 0 unspecified atom stereocenters. The van der Waals surface area contributed by atoms with E-state index in [1.54, 1.807) is 31.2 Å². The van der Waals surface area contributed by atoms with E-state index in [1.165, 1.54) is 4.90 Å². The molecule has 1 amide bonds. The monoisotopic (exact) mass is 349 g/mol. The lowest BCUT2D eigenvalue weighted by atomic mass is 10.1. The van der Waals surface area contributed by atoms with E-state index in [0.29, 0.717) is 9.23 Å². The molecule has 7 heteroatoms. The second-order valence-electron chi connectivity index (χ2n) is 4.90. The summed E-state index contributed by atoms with van der Waals surface area (Å²) < 4.78 is 0.372. The minimum Gasteiger partial charge on any atom is -0.508 e. The summed E-state index contributed by atoms with van der Waals surface area (Å²) in [5.74, 6) is -1.00. The number of nitrogens with zero attached hydrogens (tertiary/aromatic N) is 1. The molecule has 120 valence electrons. The second kappa shape index (κ2) is 7.43. The third kappa shape index (κ3) is 4.43. The van der Waals surface area contributed by atoms with Crippen molar-refractivity contribution < 1.29 is 19.8 Å². The first kappa shape index (κ1) is 17.2. The minimum absolute atomic E-state index is 0.0816. The Kier molecular flexibility index (Phi) is 5.57. The topological polar surface area (TPSA) is 77.8 Å². The van der Waals surface area contributed by atoms with Crippen molar-refractivity contribution in [2.45, 2.75) is 13.3 Å². The zero-order valence-electron chi connectivity index (χ0n) is 12.4. The SMILES string of the molecule is Cc1cc(C=CC=C2SC(=S)N(CCC(=O)O)C2=O)ccc1O. The fraction of sp³-hybridized carbons (Fsp3) is 0.188. The van der Waals surface area contributed by atoms with Crippen LogP contribution >= 0.6 is 24.0 Å². The number of hydrogen-bond donors (Lipinski definition) is 2. The van der Waals surface area contributed by atoms with Crippen molar-refractivity contribution >= 4 is 46.3 Å². The Bertz CT molecular complexity index is 725. The summed E-state index contributed by atoms with van der Waals surface area (Å²) >= 11 is 6.26. The fourth-order valence-electron chi connectivity index (χ4n) is 1.94. The van der Waals surface area contributed by atoms with Gasteiger partial charge in [-0.05, 0) is 36.3 Å². The van der Waals surface area contributed by atoms with Crippen LogP contribution in [0.1, 0.15) is 17.5 Å². The number of carboxylic acids is 1. The smallest absolute Gasteiger partial charge is 0.305 e. The van der Waals surface area contributed by atoms with Gasteiger partial charge < -0.3 is 10.2 Å². The van der Waals surface area contributed by atoms with E-state index in [9.17, 15) is 14.7 Å². The highest BCUT2D eigenvalue weighted by molar-refractivity contribution is 8.26. The van der Waals surface area contributed by atoms with Gasteiger partial charge in [0, 0.05) is 6.54 Å². The Labute approximate surface area is 143 Å². The maximum absolute atomic E-state index is 12.2. The molecule has 0 saturated carbocycles. The van der Waals surface area contributed by atoms with Crippen LogP contribution in [0.3, 0.4) is 0 Å². The Balaban J connectivity index is 2.06. The summed E-state index contributed by atoms with van der Waals surface area (Å²) in [6.07, 6.45) is 5.07. The van der Waals surface area contributed by atoms with Gasteiger partial charge in [0.25, 0.3) is 5.91 Å². The number of benzene rings is 1. The second-order valence-corrected chi connectivity index (χ2v) is 6.58. The number of phenolic OH excluding ortho intramolecular Hbond substituents is 1. The first-order valence-corrected chi connectivity index (χ1v) is 8.04. The van der Waals surface area contributed by atoms with Gasteiger partial charge in [-0.25, -0.2) is 0 Å². The van der Waals surface area contributed by atoms with Crippen LogP contribution < -0.4 is 0 Å². The molecule has 1 aliphatic rings. The van der Waals surface area contributed by atoms with Crippen molar-refractivity contribution in [2.75, 3.05) is 6.54 Å². The average molecular weight is 349 g/mol. The molecule has 0 aliphatic carbocycles. The van der Waals surface area contributed by atoms with E-state index in [1.807, 2.05) is 12.1 Å². The molecule has 0 aromatic heterocycles. The third-order valence-electron chi connectivity index (χ3n) is 3.18. The van der Waals surface area contributed by atoms with Crippen LogP contribution in [0.2, 0.25) is 0 Å². The molecule has 5 nitrogen and oxygen atoms in total. The van der Waals surface area contributed by atoms with Crippen LogP contribution in [0.5, 0.6) is 5.75 Å². The number of rotatable bonds is 5. The minimum atomic E-state index is -0.967. The molecule has 0 bridgehead atoms. The number of aryl methyl sites for hydroxylation is 1. The maximum atomic E-state index is 12.2. The molecule has 1 aromatic rings. The van der Waals surface area contributed by atoms with Gasteiger partial charge in [-0.15, -0.1) is 0 Å². The normalized spacial score (nSPS) is 16.7. The zero-order chi connectivity index (χ0) is 17.0. The average Bonchev–Trinajstić information content (AvgIpc) is 2.75. The number of amides is 1. The number of hydrogen-bond acceptors (Lipinski definition) is 5. The first-order chi connectivity index (χ1) is 10.9. The molecule has 23 heavy (non-hydrogen) atoms. The van der Waals surface area contributed by atoms with Gasteiger partial charge in [-0.3, -0.25) is 14.5 Å². The molecule has 0 spiro atoms. The number of carboxylic acid groups (broad SMARTS) is 1. The van der Waals surface area contributed by atoms with Crippen molar-refractivity contribution in [1.29, 1.82) is 0 Å². The number of aliphatic carboxylic acids is 1. The fourth-order valence-corrected chi connectivity index (χ4v) is 3.20. The van der Waals surface area contributed by atoms with Crippen LogP contribution in [0, 0.1) is 6.92 Å². The van der Waals surface area contributed by atoms with E-state index in [-0.39, 0.29) is 24.6 Å². The molecular formula is C16H15NO4S2. The molecule has 1 heterocycles. The van der Waals surface area contributed by atoms with Gasteiger partial charge in [-0.2, -0.15) is 0 Å². The molecular weight excluding hydrogens is 334 g/mol. The van der Waals surface area contributed by atoms with E-state index < -0.39 is 5.97 Å². The summed E-state index contributed by atoms with van der Waals surface area (Å²) in [7, 11) is 0. The van der Waals surface area contributed by atoms with Gasteiger partial charge in [-0.1, -0.05) is 42.2 Å². The van der Waals surface area contributed by atoms with Gasteiger partial charge in [0.05, 0.1) is 11.3 Å². The molecule has 1 aromatic carbocycles. The first-order valence-electron chi connectivity index (χ1n) is 6.82. The van der Waals surface area contributed by atoms with E-state index >= 15 is 0 Å². The van der Waals surface area contributed by atoms with Crippen molar-refractivity contribution in [1.82, 2.24) is 4.90 Å². The van der Waals surface area contributed by atoms with Gasteiger partial charge >= 0.3 is 5.97 Å². The zero-order valence-corrected chi connectivity index (χ0v) is 14.0. The van der Waals surface area contributed by atoms with E-state index in [2.05, 4.69) is 0 Å². The van der Waals surface area contributed by atoms with Gasteiger partial charge in [0.1, 0.15) is 10.1 Å². The number of carbonyl (C=O) groups excluding carboxylic acids is 1. The van der Waals surface area contributed by atoms with Gasteiger partial charge in [0.2, 0.25) is 0 Å². The van der Waals surface area contributed by atoms with Crippen LogP contribution in [0.25, 0.3) is 6.08 Å². The molecule has 1 fully saturated rings. The number of aromatic hydroxyl groups is 1. The van der Waals surface area contributed by atoms with Crippen LogP contribution in [-0.2, 0) is 9.59 Å². The Morgan fingerprint density at radius 2 is 2.17 bits per heavy atom. The van der Waals surface area contributed by atoms with Crippen molar-refractivity contribution in [2.24, 2.45) is 0 Å².